The summed E-state index contributed by atoms with van der Waals surface area (Å²) in [5.41, 5.74) is 1.52. The maximum atomic E-state index is 12.4. The lowest BCUT2D eigenvalue weighted by molar-refractivity contribution is -0.120. The zero-order valence-corrected chi connectivity index (χ0v) is 17.8. The fraction of sp³-hybridized carbons (Fsp3) is 0.524. The van der Waals surface area contributed by atoms with Crippen LogP contribution in [-0.4, -0.2) is 57.9 Å². The molecule has 2 aliphatic heterocycles. The maximum absolute atomic E-state index is 12.4. The number of nitrogens with zero attached hydrogens (tertiary/aromatic N) is 4. The summed E-state index contributed by atoms with van der Waals surface area (Å²) in [6.45, 7) is 7.19. The summed E-state index contributed by atoms with van der Waals surface area (Å²) in [5.74, 6) is 0.497. The number of imide groups is 1. The summed E-state index contributed by atoms with van der Waals surface area (Å²) in [6, 6.07) is 5.62. The number of anilines is 1. The summed E-state index contributed by atoms with van der Waals surface area (Å²) >= 11 is 0. The number of carbonyl (C=O) groups is 3. The molecule has 4 rings (SSSR count). The van der Waals surface area contributed by atoms with Crippen LogP contribution in [-0.2, 0) is 16.6 Å². The average Bonchev–Trinajstić information content (AvgIpc) is 3.26. The van der Waals surface area contributed by atoms with E-state index in [1.165, 1.54) is 4.90 Å². The normalized spacial score (nSPS) is 20.1. The first-order chi connectivity index (χ1) is 14.1. The minimum absolute atomic E-state index is 0.219. The Morgan fingerprint density at radius 1 is 1.23 bits per heavy atom. The SMILES string of the molecule is Cn1nc(N2CCC(=O)NC2=O)c2ccc([C@@H]3CCN(C(=O)OC(C)(C)C)C3)cc21. The van der Waals surface area contributed by atoms with Crippen molar-refractivity contribution in [2.75, 3.05) is 24.5 Å². The quantitative estimate of drug-likeness (QED) is 0.817. The number of aryl methyl sites for hydroxylation is 1. The van der Waals surface area contributed by atoms with E-state index in [0.717, 1.165) is 22.9 Å². The number of rotatable bonds is 2. The van der Waals surface area contributed by atoms with Crippen LogP contribution < -0.4 is 10.2 Å². The van der Waals surface area contributed by atoms with Crippen molar-refractivity contribution >= 4 is 34.8 Å². The molecule has 4 amide bonds. The lowest BCUT2D eigenvalue weighted by atomic mass is 9.97. The topological polar surface area (TPSA) is 96.8 Å². The summed E-state index contributed by atoms with van der Waals surface area (Å²) in [7, 11) is 1.84. The zero-order valence-electron chi connectivity index (χ0n) is 17.8. The van der Waals surface area contributed by atoms with Crippen LogP contribution in [0.15, 0.2) is 18.2 Å². The van der Waals surface area contributed by atoms with Gasteiger partial charge in [0.2, 0.25) is 5.91 Å². The molecule has 0 aliphatic carbocycles. The van der Waals surface area contributed by atoms with Gasteiger partial charge in [-0.3, -0.25) is 19.7 Å². The van der Waals surface area contributed by atoms with Gasteiger partial charge in [-0.25, -0.2) is 9.59 Å². The first kappa shape index (κ1) is 20.2. The molecule has 160 valence electrons. The summed E-state index contributed by atoms with van der Waals surface area (Å²) in [5, 5.41) is 7.72. The number of ether oxygens (including phenoxy) is 1. The number of nitrogens with one attached hydrogen (secondary N) is 1. The fourth-order valence-electron chi connectivity index (χ4n) is 4.00. The highest BCUT2D eigenvalue weighted by Crippen LogP contribution is 2.33. The van der Waals surface area contributed by atoms with Crippen LogP contribution in [0, 0.1) is 0 Å². The van der Waals surface area contributed by atoms with Gasteiger partial charge in [-0.1, -0.05) is 6.07 Å². The molecule has 0 spiro atoms. The third kappa shape index (κ3) is 3.83. The molecule has 0 bridgehead atoms. The lowest BCUT2D eigenvalue weighted by Gasteiger charge is -2.24. The molecule has 2 aliphatic rings. The molecule has 2 fully saturated rings. The van der Waals surface area contributed by atoms with Gasteiger partial charge in [0.05, 0.1) is 5.52 Å². The van der Waals surface area contributed by atoms with E-state index in [1.54, 1.807) is 9.58 Å². The van der Waals surface area contributed by atoms with E-state index in [9.17, 15) is 14.4 Å². The number of carbonyl (C=O) groups excluding carboxylic acids is 3. The van der Waals surface area contributed by atoms with Crippen molar-refractivity contribution < 1.29 is 19.1 Å². The molecular weight excluding hydrogens is 386 g/mol. The minimum Gasteiger partial charge on any atom is -0.444 e. The molecule has 1 aromatic carbocycles. The molecule has 9 heteroatoms. The Morgan fingerprint density at radius 3 is 2.70 bits per heavy atom. The third-order valence-electron chi connectivity index (χ3n) is 5.48. The Labute approximate surface area is 174 Å². The van der Waals surface area contributed by atoms with Gasteiger partial charge in [0.15, 0.2) is 5.82 Å². The van der Waals surface area contributed by atoms with Crippen molar-refractivity contribution in [1.82, 2.24) is 20.0 Å². The molecule has 3 heterocycles. The number of hydrogen-bond acceptors (Lipinski definition) is 5. The molecule has 30 heavy (non-hydrogen) atoms. The molecule has 0 unspecified atom stereocenters. The van der Waals surface area contributed by atoms with Crippen LogP contribution >= 0.6 is 0 Å². The standard InChI is InChI=1S/C21H27N5O4/c1-21(2,3)30-20(29)25-9-7-14(12-25)13-5-6-15-16(11-13)24(4)23-18(15)26-10-8-17(27)22-19(26)28/h5-6,11,14H,7-10,12H2,1-4H3,(H,22,27,28)/t14-/m1/s1. The number of urea groups is 1. The highest BCUT2D eigenvalue weighted by Gasteiger charge is 2.32. The number of amides is 4. The third-order valence-corrected chi connectivity index (χ3v) is 5.48. The summed E-state index contributed by atoms with van der Waals surface area (Å²) < 4.78 is 7.24. The van der Waals surface area contributed by atoms with Gasteiger partial charge in [-0.05, 0) is 44.9 Å². The van der Waals surface area contributed by atoms with Gasteiger partial charge < -0.3 is 9.64 Å². The fourth-order valence-corrected chi connectivity index (χ4v) is 4.00. The zero-order chi connectivity index (χ0) is 21.6. The van der Waals surface area contributed by atoms with Crippen molar-refractivity contribution in [3.05, 3.63) is 23.8 Å². The number of benzene rings is 1. The number of fused-ring (bicyclic) bond motifs is 1. The summed E-state index contributed by atoms with van der Waals surface area (Å²) in [6.07, 6.45) is 0.843. The molecule has 0 radical (unpaired) electrons. The van der Waals surface area contributed by atoms with Crippen molar-refractivity contribution in [2.24, 2.45) is 7.05 Å². The van der Waals surface area contributed by atoms with E-state index in [2.05, 4.69) is 16.5 Å². The first-order valence-corrected chi connectivity index (χ1v) is 10.2. The van der Waals surface area contributed by atoms with Crippen LogP contribution in [0.3, 0.4) is 0 Å². The predicted octanol–water partition coefficient (Wildman–Crippen LogP) is 2.74. The molecule has 1 N–H and O–H groups in total. The van der Waals surface area contributed by atoms with E-state index in [1.807, 2.05) is 40.0 Å². The van der Waals surface area contributed by atoms with Crippen LogP contribution in [0.4, 0.5) is 15.4 Å². The molecule has 2 saturated heterocycles. The highest BCUT2D eigenvalue weighted by atomic mass is 16.6. The van der Waals surface area contributed by atoms with E-state index in [4.69, 9.17) is 4.74 Å². The Kier molecular flexibility index (Phi) is 4.91. The highest BCUT2D eigenvalue weighted by molar-refractivity contribution is 6.08. The second-order valence-corrected chi connectivity index (χ2v) is 8.89. The predicted molar refractivity (Wildman–Crippen MR) is 111 cm³/mol. The summed E-state index contributed by atoms with van der Waals surface area (Å²) in [4.78, 5) is 39.3. The van der Waals surface area contributed by atoms with Crippen molar-refractivity contribution in [1.29, 1.82) is 0 Å². The van der Waals surface area contributed by atoms with Gasteiger partial charge in [0.1, 0.15) is 5.60 Å². The van der Waals surface area contributed by atoms with Gasteiger partial charge in [0.25, 0.3) is 0 Å². The van der Waals surface area contributed by atoms with Crippen molar-refractivity contribution in [3.8, 4) is 0 Å². The number of hydrogen-bond donors (Lipinski definition) is 1. The molecule has 0 saturated carbocycles. The Hall–Kier alpha value is -3.10. The van der Waals surface area contributed by atoms with Crippen LogP contribution in [0.1, 0.15) is 45.1 Å². The van der Waals surface area contributed by atoms with Crippen LogP contribution in [0.5, 0.6) is 0 Å². The molecular formula is C21H27N5O4. The maximum Gasteiger partial charge on any atom is 0.410 e. The number of aromatic nitrogens is 2. The Morgan fingerprint density at radius 2 is 2.00 bits per heavy atom. The molecule has 2 aromatic rings. The molecule has 1 atom stereocenters. The second kappa shape index (κ2) is 7.30. The average molecular weight is 413 g/mol. The van der Waals surface area contributed by atoms with Crippen molar-refractivity contribution in [3.63, 3.8) is 0 Å². The molecule has 1 aromatic heterocycles. The second-order valence-electron chi connectivity index (χ2n) is 8.89. The smallest absolute Gasteiger partial charge is 0.410 e. The van der Waals surface area contributed by atoms with Crippen LogP contribution in [0.25, 0.3) is 10.9 Å². The minimum atomic E-state index is -0.509. The molecule has 9 nitrogen and oxygen atoms in total. The number of likely N-dealkylation sites (tertiary alicyclic amines) is 1. The first-order valence-electron chi connectivity index (χ1n) is 10.2. The van der Waals surface area contributed by atoms with E-state index in [0.29, 0.717) is 25.5 Å². The largest absolute Gasteiger partial charge is 0.444 e. The lowest BCUT2D eigenvalue weighted by Crippen LogP contribution is -2.49. The van der Waals surface area contributed by atoms with E-state index < -0.39 is 11.6 Å². The Balaban J connectivity index is 1.55. The van der Waals surface area contributed by atoms with Crippen LogP contribution in [0.2, 0.25) is 0 Å². The van der Waals surface area contributed by atoms with E-state index >= 15 is 0 Å². The monoisotopic (exact) mass is 413 g/mol. The van der Waals surface area contributed by atoms with Gasteiger partial charge >= 0.3 is 12.1 Å². The Bertz CT molecular complexity index is 1020. The van der Waals surface area contributed by atoms with Gasteiger partial charge in [-0.15, -0.1) is 0 Å². The van der Waals surface area contributed by atoms with Gasteiger partial charge in [-0.2, -0.15) is 5.10 Å². The van der Waals surface area contributed by atoms with E-state index in [-0.39, 0.29) is 24.3 Å². The van der Waals surface area contributed by atoms with Crippen molar-refractivity contribution in [2.45, 2.75) is 45.1 Å². The van der Waals surface area contributed by atoms with Gasteiger partial charge in [0, 0.05) is 44.4 Å².